The van der Waals surface area contributed by atoms with Crippen LogP contribution in [0.1, 0.15) is 39.7 Å². The summed E-state index contributed by atoms with van der Waals surface area (Å²) >= 11 is 1.20. The fourth-order valence-corrected chi connectivity index (χ4v) is 3.56. The van der Waals surface area contributed by atoms with Gasteiger partial charge in [0.15, 0.2) is 5.82 Å². The zero-order valence-electron chi connectivity index (χ0n) is 17.6. The molecule has 3 rings (SSSR count). The van der Waals surface area contributed by atoms with E-state index in [9.17, 15) is 9.18 Å². The molecule has 1 N–H and O–H groups in total. The molecule has 1 amide bonds. The highest BCUT2D eigenvalue weighted by Gasteiger charge is 2.39. The average Bonchev–Trinajstić information content (AvgIpc) is 3.06. The number of carbonyl (C=O) groups excluding carboxylic acids is 1. The molecule has 1 unspecified atom stereocenters. The lowest BCUT2D eigenvalue weighted by atomic mass is 9.90. The van der Waals surface area contributed by atoms with Crippen LogP contribution in [0.15, 0.2) is 29.6 Å². The zero-order valence-corrected chi connectivity index (χ0v) is 18.4. The number of aromatic nitrogens is 1. The quantitative estimate of drug-likeness (QED) is 0.557. The molecule has 0 bridgehead atoms. The number of oxime groups is 1. The van der Waals surface area contributed by atoms with Crippen molar-refractivity contribution in [2.24, 2.45) is 5.16 Å². The van der Waals surface area contributed by atoms with Crippen molar-refractivity contribution in [2.75, 3.05) is 6.26 Å². The Hall–Kier alpha value is -2.79. The summed E-state index contributed by atoms with van der Waals surface area (Å²) in [5.41, 5.74) is -0.550. The molecule has 8 heteroatoms. The number of carbonyl (C=O) groups is 1. The van der Waals surface area contributed by atoms with Gasteiger partial charge in [-0.25, -0.2) is 4.39 Å². The number of pyridine rings is 1. The smallest absolute Gasteiger partial charge is 0.272 e. The first-order valence-electron chi connectivity index (χ1n) is 9.37. The molecule has 158 valence electrons. The van der Waals surface area contributed by atoms with Crippen molar-refractivity contribution < 1.29 is 18.8 Å². The fourth-order valence-electron chi connectivity index (χ4n) is 3.08. The number of rotatable bonds is 6. The van der Waals surface area contributed by atoms with Gasteiger partial charge in [0.2, 0.25) is 5.44 Å². The predicted octanol–water partition coefficient (Wildman–Crippen LogP) is 3.87. The summed E-state index contributed by atoms with van der Waals surface area (Å²) in [6, 6.07) is 4.48. The van der Waals surface area contributed by atoms with E-state index in [1.54, 1.807) is 18.4 Å². The molecule has 0 saturated carbocycles. The van der Waals surface area contributed by atoms with Crippen molar-refractivity contribution in [3.63, 3.8) is 0 Å². The van der Waals surface area contributed by atoms with Gasteiger partial charge in [-0.15, -0.1) is 18.2 Å². The number of nitrogens with zero attached hydrogens (tertiary/aromatic N) is 2. The topological polar surface area (TPSA) is 72.8 Å². The van der Waals surface area contributed by atoms with Crippen molar-refractivity contribution in [3.8, 4) is 18.1 Å². The summed E-state index contributed by atoms with van der Waals surface area (Å²) in [6.45, 7) is 7.58. The highest BCUT2D eigenvalue weighted by Crippen LogP contribution is 2.29. The predicted molar refractivity (Wildman–Crippen MR) is 117 cm³/mol. The van der Waals surface area contributed by atoms with Crippen molar-refractivity contribution in [3.05, 3.63) is 35.8 Å². The molecule has 6 nitrogen and oxygen atoms in total. The first-order valence-corrected chi connectivity index (χ1v) is 10.7. The third-order valence-electron chi connectivity index (χ3n) is 4.70. The normalized spacial score (nSPS) is 16.4. The molecule has 30 heavy (non-hydrogen) atoms. The van der Waals surface area contributed by atoms with E-state index in [1.807, 2.05) is 27.7 Å². The van der Waals surface area contributed by atoms with Gasteiger partial charge < -0.3 is 14.9 Å². The van der Waals surface area contributed by atoms with Gasteiger partial charge in [-0.05, 0) is 46.1 Å². The summed E-state index contributed by atoms with van der Waals surface area (Å²) < 4.78 is 20.3. The average molecular weight is 430 g/mol. The van der Waals surface area contributed by atoms with E-state index >= 15 is 0 Å². The molecule has 1 aliphatic rings. The second-order valence-corrected chi connectivity index (χ2v) is 9.11. The number of hydrogen-bond acceptors (Lipinski definition) is 6. The molecule has 1 aromatic heterocycles. The Bertz CT molecular complexity index is 1060. The van der Waals surface area contributed by atoms with E-state index in [4.69, 9.17) is 16.0 Å². The maximum atomic E-state index is 14.5. The third kappa shape index (κ3) is 4.68. The van der Waals surface area contributed by atoms with Gasteiger partial charge in [0.05, 0.1) is 11.3 Å². The zero-order chi connectivity index (χ0) is 22.1. The largest absolute Gasteiger partial charge is 0.470 e. The molecule has 0 saturated heterocycles. The molecule has 2 heterocycles. The Morgan fingerprint density at radius 1 is 1.43 bits per heavy atom. The summed E-state index contributed by atoms with van der Waals surface area (Å²) in [6.07, 6.45) is 9.17. The van der Waals surface area contributed by atoms with Gasteiger partial charge in [-0.1, -0.05) is 11.1 Å². The minimum Gasteiger partial charge on any atom is -0.470 e. The second kappa shape index (κ2) is 8.15. The minimum atomic E-state index is -0.888. The molecule has 1 aromatic carbocycles. The second-order valence-electron chi connectivity index (χ2n) is 8.21. The van der Waals surface area contributed by atoms with Gasteiger partial charge in [0.25, 0.3) is 5.91 Å². The lowest BCUT2D eigenvalue weighted by Crippen LogP contribution is -2.53. The molecule has 2 aromatic rings. The number of halogens is 1. The van der Waals surface area contributed by atoms with Gasteiger partial charge in [0.1, 0.15) is 16.9 Å². The summed E-state index contributed by atoms with van der Waals surface area (Å²) in [5.74, 6) is 1.78. The van der Waals surface area contributed by atoms with Gasteiger partial charge in [0, 0.05) is 29.6 Å². The van der Waals surface area contributed by atoms with Crippen LogP contribution in [0.5, 0.6) is 5.75 Å². The third-order valence-corrected chi connectivity index (χ3v) is 5.44. The van der Waals surface area contributed by atoms with Crippen molar-refractivity contribution in [1.29, 1.82) is 0 Å². The number of benzene rings is 1. The Morgan fingerprint density at radius 3 is 2.77 bits per heavy atom. The SMILES string of the molecule is C#Cc1cnc2c(F)cc(OC(SC)C(=O)NC(C)(C)C3=NOC(C)(C)C3)cc2c1. The summed E-state index contributed by atoms with van der Waals surface area (Å²) in [5, 5.41) is 7.58. The standard InChI is InChI=1S/C22H24FN3O3S/c1-7-13-8-14-9-15(10-16(23)18(14)24-12-13)28-20(30-6)19(27)25-22(4,5)17-11-21(2,3)29-26-17/h1,8-10,12,20H,11H2,2-6H3,(H,25,27). The first kappa shape index (κ1) is 21.9. The van der Waals surface area contributed by atoms with Crippen molar-refractivity contribution in [2.45, 2.75) is 50.7 Å². The number of amides is 1. The van der Waals surface area contributed by atoms with E-state index in [0.29, 0.717) is 17.4 Å². The minimum absolute atomic E-state index is 0.189. The van der Waals surface area contributed by atoms with Crippen LogP contribution in [-0.2, 0) is 9.63 Å². The lowest BCUT2D eigenvalue weighted by molar-refractivity contribution is -0.125. The van der Waals surface area contributed by atoms with E-state index in [-0.39, 0.29) is 17.2 Å². The van der Waals surface area contributed by atoms with E-state index in [2.05, 4.69) is 21.4 Å². The molecule has 0 radical (unpaired) electrons. The fraction of sp³-hybridized carbons (Fsp3) is 0.409. The number of terminal acetylenes is 1. The van der Waals surface area contributed by atoms with E-state index in [0.717, 1.165) is 5.71 Å². The van der Waals surface area contributed by atoms with E-state index < -0.39 is 22.4 Å². The number of nitrogens with one attached hydrogen (secondary N) is 1. The van der Waals surface area contributed by atoms with Crippen LogP contribution in [0.2, 0.25) is 0 Å². The Balaban J connectivity index is 1.78. The van der Waals surface area contributed by atoms with Crippen molar-refractivity contribution >= 4 is 34.3 Å². The molecule has 1 atom stereocenters. The maximum Gasteiger partial charge on any atom is 0.272 e. The molecule has 0 fully saturated rings. The number of ether oxygens (including phenoxy) is 1. The highest BCUT2D eigenvalue weighted by atomic mass is 32.2. The Morgan fingerprint density at radius 2 is 2.17 bits per heavy atom. The summed E-state index contributed by atoms with van der Waals surface area (Å²) in [7, 11) is 0. The van der Waals surface area contributed by atoms with Crippen LogP contribution in [0.4, 0.5) is 4.39 Å². The molecule has 1 aliphatic heterocycles. The van der Waals surface area contributed by atoms with Crippen LogP contribution in [0.25, 0.3) is 10.9 Å². The van der Waals surface area contributed by atoms with Gasteiger partial charge in [-0.2, -0.15) is 0 Å². The number of thioether (sulfide) groups is 1. The number of fused-ring (bicyclic) bond motifs is 1. The Labute approximate surface area is 179 Å². The van der Waals surface area contributed by atoms with Gasteiger partial charge in [-0.3, -0.25) is 9.78 Å². The molecular formula is C22H24FN3O3S. The molecule has 0 spiro atoms. The van der Waals surface area contributed by atoms with E-state index in [1.165, 1.54) is 24.0 Å². The van der Waals surface area contributed by atoms with Crippen LogP contribution in [0, 0.1) is 18.2 Å². The van der Waals surface area contributed by atoms with Crippen molar-refractivity contribution in [1.82, 2.24) is 10.3 Å². The monoisotopic (exact) mass is 429 g/mol. The van der Waals surface area contributed by atoms with Crippen LogP contribution in [-0.4, -0.2) is 39.4 Å². The van der Waals surface area contributed by atoms with Crippen LogP contribution < -0.4 is 10.1 Å². The van der Waals surface area contributed by atoms with Crippen LogP contribution >= 0.6 is 11.8 Å². The summed E-state index contributed by atoms with van der Waals surface area (Å²) in [4.78, 5) is 22.3. The van der Waals surface area contributed by atoms with Crippen LogP contribution in [0.3, 0.4) is 0 Å². The molecule has 0 aliphatic carbocycles. The number of hydrogen-bond donors (Lipinski definition) is 1. The van der Waals surface area contributed by atoms with Gasteiger partial charge >= 0.3 is 0 Å². The lowest BCUT2D eigenvalue weighted by Gasteiger charge is -2.28. The molecular weight excluding hydrogens is 405 g/mol. The maximum absolute atomic E-state index is 14.5. The Kier molecular flexibility index (Phi) is 5.95. The highest BCUT2D eigenvalue weighted by molar-refractivity contribution is 7.99. The first-order chi connectivity index (χ1) is 14.0.